The van der Waals surface area contributed by atoms with Crippen LogP contribution in [0.2, 0.25) is 0 Å². The van der Waals surface area contributed by atoms with Crippen molar-refractivity contribution in [3.8, 4) is 0 Å². The molecule has 1 N–H and O–H groups in total. The smallest absolute Gasteiger partial charge is 0.0333 e. The number of aryl methyl sites for hydroxylation is 1. The van der Waals surface area contributed by atoms with Gasteiger partial charge in [0.15, 0.2) is 0 Å². The van der Waals surface area contributed by atoms with Crippen LogP contribution in [0.5, 0.6) is 0 Å². The Balaban J connectivity index is 2.14. The fourth-order valence-corrected chi connectivity index (χ4v) is 3.00. The average molecular weight is 343 g/mol. The van der Waals surface area contributed by atoms with Crippen molar-refractivity contribution in [2.75, 3.05) is 6.54 Å². The van der Waals surface area contributed by atoms with Gasteiger partial charge < -0.3 is 5.32 Å². The average Bonchev–Trinajstić information content (AvgIpc) is 3.12. The van der Waals surface area contributed by atoms with Crippen LogP contribution < -0.4 is 5.32 Å². The van der Waals surface area contributed by atoms with Crippen LogP contribution in [-0.4, -0.2) is 6.54 Å². The largest absolute Gasteiger partial charge is 0.310 e. The lowest BCUT2D eigenvalue weighted by Gasteiger charge is -2.21. The van der Waals surface area contributed by atoms with Gasteiger partial charge in [0.25, 0.3) is 0 Å². The van der Waals surface area contributed by atoms with E-state index >= 15 is 0 Å². The minimum absolute atomic E-state index is 0.564. The van der Waals surface area contributed by atoms with Crippen molar-refractivity contribution in [2.45, 2.75) is 45.6 Å². The summed E-state index contributed by atoms with van der Waals surface area (Å²) in [5.74, 6) is 0.973. The highest BCUT2D eigenvalue weighted by Crippen LogP contribution is 2.38. The molecule has 2 rings (SSSR count). The molecule has 0 amide bonds. The van der Waals surface area contributed by atoms with Gasteiger partial charge >= 0.3 is 0 Å². The van der Waals surface area contributed by atoms with Gasteiger partial charge in [0.05, 0.1) is 0 Å². The molecule has 0 aromatic heterocycles. The molecule has 1 unspecified atom stereocenters. The summed E-state index contributed by atoms with van der Waals surface area (Å²) < 4.78 is 1.44. The standard InChI is InChI=1S/C15H22IN/c1-3-9-17-14(10-12-7-8-12)13-6-4-5-11(2)15(13)16/h4-6,12,14,17H,3,7-10H2,1-2H3. The third-order valence-electron chi connectivity index (χ3n) is 3.50. The predicted molar refractivity (Wildman–Crippen MR) is 82.3 cm³/mol. The molecule has 1 nitrogen and oxygen atoms in total. The first-order valence-electron chi connectivity index (χ1n) is 6.70. The first-order chi connectivity index (χ1) is 8.22. The van der Waals surface area contributed by atoms with Crippen LogP contribution >= 0.6 is 22.6 Å². The molecule has 1 aromatic rings. The second kappa shape index (κ2) is 6.19. The molecular weight excluding hydrogens is 321 g/mol. The Morgan fingerprint density at radius 1 is 1.41 bits per heavy atom. The molecular formula is C15H22IN. The predicted octanol–water partition coefficient (Wildman–Crippen LogP) is 4.44. The second-order valence-electron chi connectivity index (χ2n) is 5.16. The van der Waals surface area contributed by atoms with Gasteiger partial charge in [0.1, 0.15) is 0 Å². The summed E-state index contributed by atoms with van der Waals surface area (Å²) in [4.78, 5) is 0. The summed E-state index contributed by atoms with van der Waals surface area (Å²) in [7, 11) is 0. The van der Waals surface area contributed by atoms with Crippen molar-refractivity contribution >= 4 is 22.6 Å². The summed E-state index contributed by atoms with van der Waals surface area (Å²) in [5, 5.41) is 3.72. The molecule has 0 heterocycles. The first kappa shape index (κ1) is 13.3. The monoisotopic (exact) mass is 343 g/mol. The summed E-state index contributed by atoms with van der Waals surface area (Å²) in [6.07, 6.45) is 5.41. The Hall–Kier alpha value is -0.0900. The maximum absolute atomic E-state index is 3.72. The number of benzene rings is 1. The molecule has 17 heavy (non-hydrogen) atoms. The van der Waals surface area contributed by atoms with Crippen LogP contribution in [0.25, 0.3) is 0 Å². The van der Waals surface area contributed by atoms with Gasteiger partial charge in [-0.05, 0) is 65.9 Å². The van der Waals surface area contributed by atoms with Crippen LogP contribution in [0.1, 0.15) is 49.8 Å². The van der Waals surface area contributed by atoms with Crippen molar-refractivity contribution < 1.29 is 0 Å². The maximum Gasteiger partial charge on any atom is 0.0333 e. The van der Waals surface area contributed by atoms with Gasteiger partial charge in [-0.25, -0.2) is 0 Å². The highest BCUT2D eigenvalue weighted by atomic mass is 127. The zero-order chi connectivity index (χ0) is 12.3. The van der Waals surface area contributed by atoms with Crippen LogP contribution in [-0.2, 0) is 0 Å². The molecule has 1 aromatic carbocycles. The number of hydrogen-bond donors (Lipinski definition) is 1. The number of halogens is 1. The van der Waals surface area contributed by atoms with Crippen LogP contribution in [0.15, 0.2) is 18.2 Å². The van der Waals surface area contributed by atoms with Gasteiger partial charge in [-0.15, -0.1) is 0 Å². The zero-order valence-electron chi connectivity index (χ0n) is 10.8. The SMILES string of the molecule is CCCNC(CC1CC1)c1cccc(C)c1I. The zero-order valence-corrected chi connectivity index (χ0v) is 13.0. The summed E-state index contributed by atoms with van der Waals surface area (Å²) in [6.45, 7) is 5.57. The van der Waals surface area contributed by atoms with Crippen molar-refractivity contribution in [1.29, 1.82) is 0 Å². The van der Waals surface area contributed by atoms with E-state index < -0.39 is 0 Å². The molecule has 1 fully saturated rings. The Bertz CT molecular complexity index is 371. The minimum Gasteiger partial charge on any atom is -0.310 e. The summed E-state index contributed by atoms with van der Waals surface area (Å²) >= 11 is 2.50. The van der Waals surface area contributed by atoms with E-state index in [9.17, 15) is 0 Å². The maximum atomic E-state index is 3.72. The molecule has 0 bridgehead atoms. The highest BCUT2D eigenvalue weighted by Gasteiger charge is 2.26. The lowest BCUT2D eigenvalue weighted by molar-refractivity contribution is 0.472. The molecule has 2 heteroatoms. The summed E-state index contributed by atoms with van der Waals surface area (Å²) in [6, 6.07) is 7.26. The van der Waals surface area contributed by atoms with E-state index in [1.54, 1.807) is 0 Å². The summed E-state index contributed by atoms with van der Waals surface area (Å²) in [5.41, 5.74) is 2.91. The number of hydrogen-bond acceptors (Lipinski definition) is 1. The lowest BCUT2D eigenvalue weighted by atomic mass is 9.99. The topological polar surface area (TPSA) is 12.0 Å². The van der Waals surface area contributed by atoms with Gasteiger partial charge in [0, 0.05) is 9.61 Å². The Morgan fingerprint density at radius 2 is 2.18 bits per heavy atom. The second-order valence-corrected chi connectivity index (χ2v) is 6.24. The Kier molecular flexibility index (Phi) is 4.86. The lowest BCUT2D eigenvalue weighted by Crippen LogP contribution is -2.23. The van der Waals surface area contributed by atoms with Crippen molar-refractivity contribution in [3.05, 3.63) is 32.9 Å². The van der Waals surface area contributed by atoms with E-state index in [0.717, 1.165) is 12.5 Å². The molecule has 94 valence electrons. The third-order valence-corrected chi connectivity index (χ3v) is 4.98. The van der Waals surface area contributed by atoms with Crippen LogP contribution in [0.4, 0.5) is 0 Å². The van der Waals surface area contributed by atoms with Crippen molar-refractivity contribution in [2.24, 2.45) is 5.92 Å². The van der Waals surface area contributed by atoms with E-state index in [-0.39, 0.29) is 0 Å². The van der Waals surface area contributed by atoms with E-state index in [4.69, 9.17) is 0 Å². The molecule has 0 radical (unpaired) electrons. The molecule has 1 aliphatic rings. The third kappa shape index (κ3) is 3.68. The normalized spacial score (nSPS) is 17.1. The number of rotatable bonds is 6. The Labute approximate surface area is 119 Å². The van der Waals surface area contributed by atoms with Gasteiger partial charge in [0.2, 0.25) is 0 Å². The van der Waals surface area contributed by atoms with Crippen molar-refractivity contribution in [3.63, 3.8) is 0 Å². The van der Waals surface area contributed by atoms with Crippen LogP contribution in [0.3, 0.4) is 0 Å². The molecule has 1 saturated carbocycles. The van der Waals surface area contributed by atoms with Gasteiger partial charge in [-0.1, -0.05) is 38.0 Å². The van der Waals surface area contributed by atoms with Crippen LogP contribution in [0, 0.1) is 16.4 Å². The molecule has 0 saturated heterocycles. The Morgan fingerprint density at radius 3 is 2.82 bits per heavy atom. The fraction of sp³-hybridized carbons (Fsp3) is 0.600. The molecule has 0 spiro atoms. The van der Waals surface area contributed by atoms with E-state index in [2.05, 4.69) is 60.0 Å². The van der Waals surface area contributed by atoms with E-state index in [1.807, 2.05) is 0 Å². The van der Waals surface area contributed by atoms with Crippen molar-refractivity contribution in [1.82, 2.24) is 5.32 Å². The minimum atomic E-state index is 0.564. The fourth-order valence-electron chi connectivity index (χ4n) is 2.26. The first-order valence-corrected chi connectivity index (χ1v) is 7.78. The molecule has 1 aliphatic carbocycles. The quantitative estimate of drug-likeness (QED) is 0.753. The van der Waals surface area contributed by atoms with E-state index in [1.165, 1.54) is 40.4 Å². The molecule has 0 aliphatic heterocycles. The molecule has 1 atom stereocenters. The van der Waals surface area contributed by atoms with Gasteiger partial charge in [-0.3, -0.25) is 0 Å². The highest BCUT2D eigenvalue weighted by molar-refractivity contribution is 14.1. The van der Waals surface area contributed by atoms with Gasteiger partial charge in [-0.2, -0.15) is 0 Å². The number of nitrogens with one attached hydrogen (secondary N) is 1. The van der Waals surface area contributed by atoms with E-state index in [0.29, 0.717) is 6.04 Å².